The molecular formula is C17H23N5O4. The Morgan fingerprint density at radius 1 is 1.42 bits per heavy atom. The zero-order valence-corrected chi connectivity index (χ0v) is 14.7. The molecule has 1 aliphatic heterocycles. The third kappa shape index (κ3) is 4.29. The number of carbonyl (C=O) groups is 1. The number of hydrogen-bond acceptors (Lipinski definition) is 6. The number of methoxy groups -OCH3 is 1. The molecule has 3 rings (SSSR count). The predicted octanol–water partition coefficient (Wildman–Crippen LogP) is 0.780. The van der Waals surface area contributed by atoms with Crippen LogP contribution in [-0.4, -0.2) is 63.9 Å². The summed E-state index contributed by atoms with van der Waals surface area (Å²) in [7, 11) is 1.53. The first kappa shape index (κ1) is 18.1. The molecule has 9 heteroatoms. The Balaban J connectivity index is 1.70. The summed E-state index contributed by atoms with van der Waals surface area (Å²) >= 11 is 0. The van der Waals surface area contributed by atoms with Crippen molar-refractivity contribution in [3.8, 4) is 5.88 Å². The molecule has 1 atom stereocenters. The van der Waals surface area contributed by atoms with Crippen molar-refractivity contribution in [2.75, 3.05) is 33.3 Å². The summed E-state index contributed by atoms with van der Waals surface area (Å²) in [6.07, 6.45) is 2.35. The first-order chi connectivity index (χ1) is 12.6. The SMILES string of the molecule is COc1ccc2ncc(=O)n(CCN3CCC[C@@H](CNC(=O)O)C3)c2n1. The average molecular weight is 361 g/mol. The maximum absolute atomic E-state index is 12.3. The maximum Gasteiger partial charge on any atom is 0.404 e. The van der Waals surface area contributed by atoms with Gasteiger partial charge < -0.3 is 20.1 Å². The minimum absolute atomic E-state index is 0.195. The predicted molar refractivity (Wildman–Crippen MR) is 95.5 cm³/mol. The van der Waals surface area contributed by atoms with Gasteiger partial charge in [-0.25, -0.2) is 9.78 Å². The Bertz CT molecular complexity index is 838. The van der Waals surface area contributed by atoms with E-state index in [0.717, 1.165) is 25.9 Å². The largest absolute Gasteiger partial charge is 0.481 e. The summed E-state index contributed by atoms with van der Waals surface area (Å²) < 4.78 is 6.77. The molecule has 0 aromatic carbocycles. The number of nitrogens with one attached hydrogen (secondary N) is 1. The third-order valence-corrected chi connectivity index (χ3v) is 4.66. The van der Waals surface area contributed by atoms with E-state index >= 15 is 0 Å². The molecule has 1 fully saturated rings. The van der Waals surface area contributed by atoms with Crippen LogP contribution in [0.3, 0.4) is 0 Å². The van der Waals surface area contributed by atoms with Crippen molar-refractivity contribution in [1.82, 2.24) is 24.8 Å². The van der Waals surface area contributed by atoms with E-state index in [-0.39, 0.29) is 5.56 Å². The summed E-state index contributed by atoms with van der Waals surface area (Å²) in [6.45, 7) is 3.41. The molecule has 26 heavy (non-hydrogen) atoms. The van der Waals surface area contributed by atoms with E-state index in [9.17, 15) is 9.59 Å². The molecular weight excluding hydrogens is 338 g/mol. The summed E-state index contributed by atoms with van der Waals surface area (Å²) in [4.78, 5) is 33.7. The van der Waals surface area contributed by atoms with Gasteiger partial charge in [0, 0.05) is 32.2 Å². The number of rotatable bonds is 6. The molecule has 0 aliphatic carbocycles. The smallest absolute Gasteiger partial charge is 0.404 e. The van der Waals surface area contributed by atoms with Crippen molar-refractivity contribution in [2.45, 2.75) is 19.4 Å². The summed E-state index contributed by atoms with van der Waals surface area (Å²) in [5.74, 6) is 0.736. The van der Waals surface area contributed by atoms with Crippen LogP contribution < -0.4 is 15.6 Å². The minimum Gasteiger partial charge on any atom is -0.481 e. The Morgan fingerprint density at radius 3 is 3.04 bits per heavy atom. The van der Waals surface area contributed by atoms with E-state index < -0.39 is 6.09 Å². The number of carboxylic acid groups (broad SMARTS) is 1. The van der Waals surface area contributed by atoms with E-state index in [4.69, 9.17) is 9.84 Å². The number of ether oxygens (including phenoxy) is 1. The van der Waals surface area contributed by atoms with Gasteiger partial charge >= 0.3 is 6.09 Å². The molecule has 1 saturated heterocycles. The van der Waals surface area contributed by atoms with Crippen molar-refractivity contribution >= 4 is 17.3 Å². The van der Waals surface area contributed by atoms with Gasteiger partial charge in [-0.05, 0) is 31.4 Å². The van der Waals surface area contributed by atoms with Crippen molar-refractivity contribution in [1.29, 1.82) is 0 Å². The molecule has 1 aliphatic rings. The van der Waals surface area contributed by atoms with E-state index in [1.807, 2.05) is 0 Å². The number of aromatic nitrogens is 3. The Morgan fingerprint density at radius 2 is 2.27 bits per heavy atom. The molecule has 3 heterocycles. The maximum atomic E-state index is 12.3. The van der Waals surface area contributed by atoms with Gasteiger partial charge in [0.25, 0.3) is 5.56 Å². The van der Waals surface area contributed by atoms with E-state index in [0.29, 0.717) is 42.6 Å². The van der Waals surface area contributed by atoms with Crippen molar-refractivity contribution < 1.29 is 14.6 Å². The number of amides is 1. The van der Waals surface area contributed by atoms with Crippen molar-refractivity contribution in [3.05, 3.63) is 28.7 Å². The molecule has 0 unspecified atom stereocenters. The Hall–Kier alpha value is -2.68. The lowest BCUT2D eigenvalue weighted by molar-refractivity contribution is 0.159. The second-order valence-electron chi connectivity index (χ2n) is 6.44. The van der Waals surface area contributed by atoms with Gasteiger partial charge in [0.15, 0.2) is 5.65 Å². The van der Waals surface area contributed by atoms with Gasteiger partial charge in [0.1, 0.15) is 5.52 Å². The fourth-order valence-corrected chi connectivity index (χ4v) is 3.35. The molecule has 0 saturated carbocycles. The standard InChI is InChI=1S/C17H23N5O4/c1-26-14-5-4-13-16(20-14)22(15(23)10-18-13)8-7-21-6-2-3-12(11-21)9-19-17(24)25/h4-5,10,12,19H,2-3,6-9,11H2,1H3,(H,24,25)/t12-/m0/s1. The highest BCUT2D eigenvalue weighted by molar-refractivity contribution is 5.70. The van der Waals surface area contributed by atoms with Crippen LogP contribution >= 0.6 is 0 Å². The average Bonchev–Trinajstić information content (AvgIpc) is 2.65. The lowest BCUT2D eigenvalue weighted by Gasteiger charge is -2.32. The van der Waals surface area contributed by atoms with Gasteiger partial charge in [-0.2, -0.15) is 4.98 Å². The summed E-state index contributed by atoms with van der Waals surface area (Å²) in [5, 5.41) is 11.2. The molecule has 0 spiro atoms. The molecule has 9 nitrogen and oxygen atoms in total. The van der Waals surface area contributed by atoms with Crippen LogP contribution in [0.4, 0.5) is 4.79 Å². The lowest BCUT2D eigenvalue weighted by Crippen LogP contribution is -2.42. The second kappa shape index (κ2) is 8.13. The highest BCUT2D eigenvalue weighted by Crippen LogP contribution is 2.16. The zero-order chi connectivity index (χ0) is 18.5. The summed E-state index contributed by atoms with van der Waals surface area (Å²) in [6, 6.07) is 3.50. The zero-order valence-electron chi connectivity index (χ0n) is 14.7. The van der Waals surface area contributed by atoms with E-state index in [1.165, 1.54) is 13.3 Å². The minimum atomic E-state index is -0.989. The normalized spacial score (nSPS) is 18.0. The highest BCUT2D eigenvalue weighted by Gasteiger charge is 2.20. The molecule has 2 aromatic heterocycles. The number of fused-ring (bicyclic) bond motifs is 1. The summed E-state index contributed by atoms with van der Waals surface area (Å²) in [5.41, 5.74) is 0.963. The van der Waals surface area contributed by atoms with Crippen LogP contribution in [0.15, 0.2) is 23.1 Å². The number of likely N-dealkylation sites (tertiary alicyclic amines) is 1. The molecule has 2 aromatic rings. The Labute approximate surface area is 150 Å². The quantitative estimate of drug-likeness (QED) is 0.782. The highest BCUT2D eigenvalue weighted by atomic mass is 16.5. The van der Waals surface area contributed by atoms with Gasteiger partial charge in [-0.15, -0.1) is 0 Å². The molecule has 0 radical (unpaired) electrons. The van der Waals surface area contributed by atoms with Gasteiger partial charge in [-0.3, -0.25) is 9.36 Å². The van der Waals surface area contributed by atoms with E-state index in [1.54, 1.807) is 16.7 Å². The molecule has 2 N–H and O–H groups in total. The molecule has 0 bridgehead atoms. The first-order valence-corrected chi connectivity index (χ1v) is 8.66. The monoisotopic (exact) mass is 361 g/mol. The number of piperidine rings is 1. The topological polar surface area (TPSA) is 110 Å². The van der Waals surface area contributed by atoms with Crippen LogP contribution in [0, 0.1) is 5.92 Å². The third-order valence-electron chi connectivity index (χ3n) is 4.66. The number of nitrogens with zero attached hydrogens (tertiary/aromatic N) is 4. The lowest BCUT2D eigenvalue weighted by atomic mass is 9.98. The van der Waals surface area contributed by atoms with Gasteiger partial charge in [0.2, 0.25) is 5.88 Å². The Kier molecular flexibility index (Phi) is 5.67. The van der Waals surface area contributed by atoms with Gasteiger partial charge in [-0.1, -0.05) is 0 Å². The van der Waals surface area contributed by atoms with Crippen LogP contribution in [0.5, 0.6) is 5.88 Å². The molecule has 140 valence electrons. The number of pyridine rings is 1. The van der Waals surface area contributed by atoms with Gasteiger partial charge in [0.05, 0.1) is 13.3 Å². The fraction of sp³-hybridized carbons (Fsp3) is 0.529. The number of hydrogen-bond donors (Lipinski definition) is 2. The van der Waals surface area contributed by atoms with Crippen molar-refractivity contribution in [2.24, 2.45) is 5.92 Å². The van der Waals surface area contributed by atoms with Crippen molar-refractivity contribution in [3.63, 3.8) is 0 Å². The fourth-order valence-electron chi connectivity index (χ4n) is 3.35. The van der Waals surface area contributed by atoms with Crippen LogP contribution in [-0.2, 0) is 6.54 Å². The van der Waals surface area contributed by atoms with Crippen LogP contribution in [0.25, 0.3) is 11.2 Å². The van der Waals surface area contributed by atoms with Crippen LogP contribution in [0.2, 0.25) is 0 Å². The second-order valence-corrected chi connectivity index (χ2v) is 6.44. The first-order valence-electron chi connectivity index (χ1n) is 8.66. The van der Waals surface area contributed by atoms with E-state index in [2.05, 4.69) is 20.2 Å². The molecule has 1 amide bonds. The van der Waals surface area contributed by atoms with Crippen LogP contribution in [0.1, 0.15) is 12.8 Å².